The summed E-state index contributed by atoms with van der Waals surface area (Å²) < 4.78 is 39.2. The second-order valence-electron chi connectivity index (χ2n) is 7.69. The van der Waals surface area contributed by atoms with Gasteiger partial charge in [0, 0.05) is 12.1 Å². The van der Waals surface area contributed by atoms with Gasteiger partial charge in [-0.15, -0.1) is 0 Å². The van der Waals surface area contributed by atoms with E-state index in [1.807, 2.05) is 0 Å². The number of halogens is 2. The number of benzene rings is 2. The van der Waals surface area contributed by atoms with Crippen LogP contribution in [0.2, 0.25) is 5.02 Å². The molecule has 31 heavy (non-hydrogen) atoms. The van der Waals surface area contributed by atoms with Gasteiger partial charge < -0.3 is 5.32 Å². The number of sulfonamides is 1. The van der Waals surface area contributed by atoms with E-state index in [1.54, 1.807) is 24.3 Å². The quantitative estimate of drug-likeness (QED) is 0.480. The van der Waals surface area contributed by atoms with Crippen LogP contribution < -0.4 is 9.62 Å². The molecule has 2 aromatic rings. The highest BCUT2D eigenvalue weighted by Gasteiger charge is 2.19. The van der Waals surface area contributed by atoms with Crippen molar-refractivity contribution >= 4 is 33.2 Å². The zero-order valence-electron chi connectivity index (χ0n) is 18.2. The van der Waals surface area contributed by atoms with Gasteiger partial charge in [0.2, 0.25) is 10.0 Å². The molecule has 1 N–H and O–H groups in total. The molecule has 0 aliphatic carbocycles. The van der Waals surface area contributed by atoms with Crippen LogP contribution in [0, 0.1) is 11.7 Å². The molecule has 0 saturated heterocycles. The van der Waals surface area contributed by atoms with Crippen LogP contribution in [-0.2, 0) is 16.6 Å². The zero-order chi connectivity index (χ0) is 23.0. The van der Waals surface area contributed by atoms with Crippen molar-refractivity contribution in [3.8, 4) is 0 Å². The maximum atomic E-state index is 13.5. The lowest BCUT2D eigenvalue weighted by Crippen LogP contribution is -2.30. The van der Waals surface area contributed by atoms with E-state index in [1.165, 1.54) is 12.1 Å². The van der Waals surface area contributed by atoms with Crippen molar-refractivity contribution in [2.24, 2.45) is 5.92 Å². The third-order valence-electron chi connectivity index (χ3n) is 5.23. The van der Waals surface area contributed by atoms with E-state index in [0.717, 1.165) is 42.3 Å². The van der Waals surface area contributed by atoms with Gasteiger partial charge in [0.05, 0.1) is 23.5 Å². The number of unbranched alkanes of at least 4 members (excludes halogenated alkanes) is 1. The van der Waals surface area contributed by atoms with Gasteiger partial charge in [-0.3, -0.25) is 9.10 Å². The Balaban J connectivity index is 2.08. The van der Waals surface area contributed by atoms with E-state index < -0.39 is 15.8 Å². The van der Waals surface area contributed by atoms with E-state index in [-0.39, 0.29) is 23.2 Å². The summed E-state index contributed by atoms with van der Waals surface area (Å²) >= 11 is 5.82. The third kappa shape index (κ3) is 7.51. The Morgan fingerprint density at radius 2 is 1.84 bits per heavy atom. The third-order valence-corrected chi connectivity index (χ3v) is 6.66. The second kappa shape index (κ2) is 11.5. The minimum atomic E-state index is -3.63. The number of carbonyl (C=O) groups excluding carboxylic acids is 1. The zero-order valence-corrected chi connectivity index (χ0v) is 19.8. The number of rotatable bonds is 11. The molecule has 0 bridgehead atoms. The number of nitrogens with one attached hydrogen (secondary N) is 1. The summed E-state index contributed by atoms with van der Waals surface area (Å²) in [6.07, 6.45) is 5.49. The van der Waals surface area contributed by atoms with E-state index in [0.29, 0.717) is 23.6 Å². The molecule has 0 unspecified atom stereocenters. The summed E-state index contributed by atoms with van der Waals surface area (Å²) in [7, 11) is -3.63. The highest BCUT2D eigenvalue weighted by Crippen LogP contribution is 2.26. The Bertz CT molecular complexity index is 981. The predicted octanol–water partition coefficient (Wildman–Crippen LogP) is 5.39. The molecule has 170 valence electrons. The van der Waals surface area contributed by atoms with E-state index >= 15 is 0 Å². The first-order valence-electron chi connectivity index (χ1n) is 10.5. The fourth-order valence-corrected chi connectivity index (χ4v) is 4.30. The van der Waals surface area contributed by atoms with Crippen LogP contribution in [0.5, 0.6) is 0 Å². The topological polar surface area (TPSA) is 66.5 Å². The van der Waals surface area contributed by atoms with Crippen molar-refractivity contribution in [2.75, 3.05) is 17.1 Å². The Hall–Kier alpha value is -2.12. The molecule has 8 heteroatoms. The van der Waals surface area contributed by atoms with Gasteiger partial charge in [0.25, 0.3) is 5.91 Å². The first-order valence-corrected chi connectivity index (χ1v) is 12.7. The molecule has 0 heterocycles. The van der Waals surface area contributed by atoms with Gasteiger partial charge in [0.1, 0.15) is 5.82 Å². The highest BCUT2D eigenvalue weighted by atomic mass is 35.5. The summed E-state index contributed by atoms with van der Waals surface area (Å²) in [5, 5.41) is 2.83. The number of nitrogens with zero attached hydrogens (tertiary/aromatic N) is 1. The van der Waals surface area contributed by atoms with Gasteiger partial charge in [-0.1, -0.05) is 56.8 Å². The van der Waals surface area contributed by atoms with Crippen LogP contribution in [0.4, 0.5) is 10.1 Å². The van der Waals surface area contributed by atoms with Gasteiger partial charge in [-0.2, -0.15) is 0 Å². The van der Waals surface area contributed by atoms with E-state index in [2.05, 4.69) is 19.2 Å². The number of hydrogen-bond acceptors (Lipinski definition) is 3. The molecule has 5 nitrogen and oxygen atoms in total. The average molecular weight is 469 g/mol. The lowest BCUT2D eigenvalue weighted by atomic mass is 9.99. The second-order valence-corrected chi connectivity index (χ2v) is 10.0. The van der Waals surface area contributed by atoms with Crippen molar-refractivity contribution in [2.45, 2.75) is 46.1 Å². The molecule has 0 fully saturated rings. The summed E-state index contributed by atoms with van der Waals surface area (Å²) in [5.74, 6) is -0.296. The summed E-state index contributed by atoms with van der Waals surface area (Å²) in [4.78, 5) is 12.5. The largest absolute Gasteiger partial charge is 0.352 e. The van der Waals surface area contributed by atoms with Crippen LogP contribution in [0.3, 0.4) is 0 Å². The monoisotopic (exact) mass is 468 g/mol. The van der Waals surface area contributed by atoms with Gasteiger partial charge in [-0.05, 0) is 48.2 Å². The van der Waals surface area contributed by atoms with Gasteiger partial charge in [0.15, 0.2) is 0 Å². The molecule has 2 rings (SSSR count). The Labute approximate surface area is 189 Å². The van der Waals surface area contributed by atoms with Crippen molar-refractivity contribution < 1.29 is 17.6 Å². The predicted molar refractivity (Wildman–Crippen MR) is 125 cm³/mol. The molecule has 1 amide bonds. The van der Waals surface area contributed by atoms with Gasteiger partial charge in [-0.25, -0.2) is 12.8 Å². The molecule has 0 aliphatic rings. The Morgan fingerprint density at radius 1 is 1.16 bits per heavy atom. The maximum Gasteiger partial charge on any atom is 0.251 e. The highest BCUT2D eigenvalue weighted by molar-refractivity contribution is 7.92. The number of carbonyl (C=O) groups is 1. The molecule has 0 spiro atoms. The SMILES string of the molecule is CCCC[C@@H](CC)CNC(=O)c1ccc(CN(c2ccc(F)c(Cl)c2)S(C)(=O)=O)cc1. The number of hydrogen-bond donors (Lipinski definition) is 1. The summed E-state index contributed by atoms with van der Waals surface area (Å²) in [6.45, 7) is 4.97. The van der Waals surface area contributed by atoms with Crippen LogP contribution in [0.25, 0.3) is 0 Å². The average Bonchev–Trinajstić information content (AvgIpc) is 2.73. The summed E-state index contributed by atoms with van der Waals surface area (Å²) in [6, 6.07) is 10.6. The smallest absolute Gasteiger partial charge is 0.251 e. The normalized spacial score (nSPS) is 12.4. The van der Waals surface area contributed by atoms with Crippen LogP contribution >= 0.6 is 11.6 Å². The molecule has 0 aromatic heterocycles. The van der Waals surface area contributed by atoms with Crippen LogP contribution in [0.15, 0.2) is 42.5 Å². The number of amides is 1. The van der Waals surface area contributed by atoms with Crippen LogP contribution in [0.1, 0.15) is 55.5 Å². The van der Waals surface area contributed by atoms with Gasteiger partial charge >= 0.3 is 0 Å². The van der Waals surface area contributed by atoms with E-state index in [4.69, 9.17) is 11.6 Å². The minimum absolute atomic E-state index is 0.0393. The van der Waals surface area contributed by atoms with Crippen molar-refractivity contribution in [3.63, 3.8) is 0 Å². The molecule has 2 aromatic carbocycles. The molecule has 0 saturated carbocycles. The molecular formula is C23H30ClFN2O3S. The fraction of sp³-hybridized carbons (Fsp3) is 0.435. The van der Waals surface area contributed by atoms with E-state index in [9.17, 15) is 17.6 Å². The summed E-state index contributed by atoms with van der Waals surface area (Å²) in [5.41, 5.74) is 1.48. The van der Waals surface area contributed by atoms with Crippen molar-refractivity contribution in [3.05, 3.63) is 64.4 Å². The Kier molecular flexibility index (Phi) is 9.32. The minimum Gasteiger partial charge on any atom is -0.352 e. The lowest BCUT2D eigenvalue weighted by Gasteiger charge is -2.23. The Morgan fingerprint density at radius 3 is 2.39 bits per heavy atom. The molecular weight excluding hydrogens is 439 g/mol. The lowest BCUT2D eigenvalue weighted by molar-refractivity contribution is 0.0946. The van der Waals surface area contributed by atoms with Crippen molar-refractivity contribution in [1.29, 1.82) is 0 Å². The van der Waals surface area contributed by atoms with Crippen molar-refractivity contribution in [1.82, 2.24) is 5.32 Å². The first kappa shape index (κ1) is 25.1. The molecule has 0 radical (unpaired) electrons. The molecule has 1 atom stereocenters. The first-order chi connectivity index (χ1) is 14.7. The fourth-order valence-electron chi connectivity index (χ4n) is 3.25. The standard InChI is InChI=1S/C23H30ClFN2O3S/c1-4-6-7-17(5-2)15-26-23(28)19-10-8-18(9-11-19)16-27(31(3,29)30)20-12-13-22(25)21(24)14-20/h8-14,17H,4-7,15-16H2,1-3H3,(H,26,28)/t17-/m1/s1. The van der Waals surface area contributed by atoms with Crippen LogP contribution in [-0.4, -0.2) is 27.1 Å². The number of anilines is 1. The maximum absolute atomic E-state index is 13.5. The molecule has 0 aliphatic heterocycles.